The SMILES string of the molecule is C=C1c2ccccc2C(=S)N1CCCC(=S)Nc1sc2c(c1C(C)=S)CCC2.CC.CCC1CCCS1. The van der Waals surface area contributed by atoms with Gasteiger partial charge in [-0.2, -0.15) is 11.8 Å². The quantitative estimate of drug-likeness (QED) is 0.254. The van der Waals surface area contributed by atoms with Crippen LogP contribution in [0.5, 0.6) is 0 Å². The third kappa shape index (κ3) is 7.51. The second-order valence-electron chi connectivity index (χ2n) is 9.26. The number of rotatable bonds is 7. The number of anilines is 1. The maximum atomic E-state index is 5.64. The van der Waals surface area contributed by atoms with Gasteiger partial charge in [0, 0.05) is 43.9 Å². The minimum absolute atomic E-state index is 0.816. The summed E-state index contributed by atoms with van der Waals surface area (Å²) in [5, 5.41) is 5.62. The first-order valence-corrected chi connectivity index (χ1v) is 16.7. The fourth-order valence-electron chi connectivity index (χ4n) is 4.99. The topological polar surface area (TPSA) is 15.3 Å². The van der Waals surface area contributed by atoms with Crippen LogP contribution in [0, 0.1) is 0 Å². The molecule has 2 aliphatic heterocycles. The van der Waals surface area contributed by atoms with E-state index in [1.807, 2.05) is 44.2 Å². The zero-order valence-corrected chi connectivity index (χ0v) is 26.7. The number of aryl methyl sites for hydroxylation is 1. The maximum absolute atomic E-state index is 5.64. The van der Waals surface area contributed by atoms with Crippen LogP contribution in [0.15, 0.2) is 30.8 Å². The number of thiocarbonyl (C=S) groups is 3. The first-order chi connectivity index (χ1) is 17.9. The molecule has 1 N–H and O–H groups in total. The number of hydrogen-bond acceptors (Lipinski definition) is 5. The van der Waals surface area contributed by atoms with Gasteiger partial charge < -0.3 is 10.2 Å². The highest BCUT2D eigenvalue weighted by atomic mass is 32.2. The number of nitrogens with one attached hydrogen (secondary N) is 1. The molecule has 1 atom stereocenters. The highest BCUT2D eigenvalue weighted by molar-refractivity contribution is 8.00. The highest BCUT2D eigenvalue weighted by Gasteiger charge is 2.27. The monoisotopic (exact) mass is 588 g/mol. The molecule has 1 aromatic heterocycles. The Bertz CT molecular complexity index is 1090. The van der Waals surface area contributed by atoms with Gasteiger partial charge in [-0.25, -0.2) is 0 Å². The number of thioether (sulfide) groups is 1. The lowest BCUT2D eigenvalue weighted by Crippen LogP contribution is -2.24. The first-order valence-electron chi connectivity index (χ1n) is 13.6. The molecule has 7 heteroatoms. The molecule has 0 amide bonds. The van der Waals surface area contributed by atoms with Crippen LogP contribution in [-0.2, 0) is 12.8 Å². The van der Waals surface area contributed by atoms with Crippen molar-refractivity contribution in [2.75, 3.05) is 17.6 Å². The first kappa shape index (κ1) is 30.4. The van der Waals surface area contributed by atoms with Crippen molar-refractivity contribution in [1.82, 2.24) is 4.90 Å². The van der Waals surface area contributed by atoms with Crippen LogP contribution in [0.25, 0.3) is 5.70 Å². The van der Waals surface area contributed by atoms with Gasteiger partial charge in [0.25, 0.3) is 0 Å². The van der Waals surface area contributed by atoms with Gasteiger partial charge in [0.1, 0.15) is 9.99 Å². The summed E-state index contributed by atoms with van der Waals surface area (Å²) in [7, 11) is 0. The minimum atomic E-state index is 0.816. The smallest absolute Gasteiger partial charge is 0.114 e. The largest absolute Gasteiger partial charge is 0.341 e. The maximum Gasteiger partial charge on any atom is 0.114 e. The lowest BCUT2D eigenvalue weighted by atomic mass is 10.1. The van der Waals surface area contributed by atoms with E-state index >= 15 is 0 Å². The predicted molar refractivity (Wildman–Crippen MR) is 180 cm³/mol. The average Bonchev–Trinajstić information content (AvgIpc) is 3.68. The summed E-state index contributed by atoms with van der Waals surface area (Å²) in [4.78, 5) is 6.30. The molecule has 0 spiro atoms. The Morgan fingerprint density at radius 1 is 1.14 bits per heavy atom. The van der Waals surface area contributed by atoms with Crippen LogP contribution in [-0.4, -0.2) is 37.3 Å². The number of thiophene rings is 1. The van der Waals surface area contributed by atoms with Gasteiger partial charge in [0.05, 0.1) is 4.99 Å². The molecule has 5 rings (SSSR count). The van der Waals surface area contributed by atoms with Crippen molar-refractivity contribution < 1.29 is 0 Å². The van der Waals surface area contributed by atoms with Gasteiger partial charge >= 0.3 is 0 Å². The van der Waals surface area contributed by atoms with Crippen LogP contribution in [0.2, 0.25) is 0 Å². The Hall–Kier alpha value is -1.12. The van der Waals surface area contributed by atoms with Gasteiger partial charge in [-0.15, -0.1) is 11.3 Å². The molecule has 1 aromatic carbocycles. The summed E-state index contributed by atoms with van der Waals surface area (Å²) in [5.41, 5.74) is 5.91. The van der Waals surface area contributed by atoms with Crippen LogP contribution < -0.4 is 5.32 Å². The van der Waals surface area contributed by atoms with E-state index in [9.17, 15) is 0 Å². The highest BCUT2D eigenvalue weighted by Crippen LogP contribution is 2.40. The number of nitrogens with zero attached hydrogens (tertiary/aromatic N) is 1. The van der Waals surface area contributed by atoms with E-state index in [1.54, 1.807) is 0 Å². The van der Waals surface area contributed by atoms with Crippen LogP contribution >= 0.6 is 59.8 Å². The second kappa shape index (κ2) is 14.9. The van der Waals surface area contributed by atoms with E-state index in [2.05, 4.69) is 47.6 Å². The van der Waals surface area contributed by atoms with Crippen molar-refractivity contribution >= 4 is 85.3 Å². The number of benzene rings is 1. The van der Waals surface area contributed by atoms with Gasteiger partial charge in [-0.3, -0.25) is 0 Å². The zero-order chi connectivity index (χ0) is 26.9. The van der Waals surface area contributed by atoms with Crippen molar-refractivity contribution in [2.45, 2.75) is 84.3 Å². The third-order valence-corrected chi connectivity index (χ3v) is 10.6. The van der Waals surface area contributed by atoms with Crippen molar-refractivity contribution in [3.63, 3.8) is 0 Å². The molecular weight excluding hydrogens is 549 g/mol. The second-order valence-corrected chi connectivity index (χ2v) is 13.3. The Labute approximate surface area is 248 Å². The molecule has 1 aliphatic carbocycles. The summed E-state index contributed by atoms with van der Waals surface area (Å²) in [6, 6.07) is 8.21. The normalized spacial score (nSPS) is 17.4. The van der Waals surface area contributed by atoms with Gasteiger partial charge in [0.15, 0.2) is 0 Å². The van der Waals surface area contributed by atoms with Crippen molar-refractivity contribution in [3.8, 4) is 0 Å². The van der Waals surface area contributed by atoms with E-state index in [-0.39, 0.29) is 0 Å². The van der Waals surface area contributed by atoms with Crippen molar-refractivity contribution in [3.05, 3.63) is 58.0 Å². The molecule has 0 bridgehead atoms. The summed E-state index contributed by atoms with van der Waals surface area (Å²) in [6.45, 7) is 13.4. The van der Waals surface area contributed by atoms with Crippen LogP contribution in [0.4, 0.5) is 5.00 Å². The molecule has 1 unspecified atom stereocenters. The molecule has 1 fully saturated rings. The summed E-state index contributed by atoms with van der Waals surface area (Å²) < 4.78 is 0. The summed E-state index contributed by atoms with van der Waals surface area (Å²) >= 11 is 20.8. The average molecular weight is 589 g/mol. The lowest BCUT2D eigenvalue weighted by molar-refractivity contribution is 0.581. The standard InChI is InChI=1S/C22H22N2S4.C6H12S.C2H6/c1-13-15-7-3-4-8-16(15)22(27)24(13)12-6-11-19(26)23-21-20(14(2)25)17-9-5-10-18(17)28-21;1-2-6-4-3-5-7-6;1-2/h3-4,7-8H,1,5-6,9-12H2,2H3,(H,23,26);6H,2-5H2,1H3;1-2H3. The Kier molecular flexibility index (Phi) is 12.2. The molecule has 200 valence electrons. The Morgan fingerprint density at radius 2 is 1.86 bits per heavy atom. The molecule has 0 radical (unpaired) electrons. The van der Waals surface area contributed by atoms with Gasteiger partial charge in [0.2, 0.25) is 0 Å². The molecule has 37 heavy (non-hydrogen) atoms. The molecule has 2 nitrogen and oxygen atoms in total. The lowest BCUT2D eigenvalue weighted by Gasteiger charge is -2.19. The molecule has 2 aromatic rings. The van der Waals surface area contributed by atoms with Crippen molar-refractivity contribution in [2.24, 2.45) is 0 Å². The third-order valence-electron chi connectivity index (χ3n) is 6.83. The van der Waals surface area contributed by atoms with E-state index in [4.69, 9.17) is 36.7 Å². The molecule has 3 heterocycles. The van der Waals surface area contributed by atoms with E-state index in [1.165, 1.54) is 53.9 Å². The Morgan fingerprint density at radius 3 is 2.46 bits per heavy atom. The van der Waals surface area contributed by atoms with Crippen LogP contribution in [0.3, 0.4) is 0 Å². The summed E-state index contributed by atoms with van der Waals surface area (Å²) in [5.74, 6) is 1.42. The van der Waals surface area contributed by atoms with Gasteiger partial charge in [-0.05, 0) is 69.6 Å². The number of fused-ring (bicyclic) bond motifs is 2. The van der Waals surface area contributed by atoms with E-state index in [0.29, 0.717) is 0 Å². The molecule has 3 aliphatic rings. The number of hydrogen-bond donors (Lipinski definition) is 1. The van der Waals surface area contributed by atoms with Gasteiger partial charge in [-0.1, -0.05) is 88.3 Å². The molecule has 0 saturated carbocycles. The molecular formula is C30H40N2S5. The summed E-state index contributed by atoms with van der Waals surface area (Å²) in [6.07, 6.45) is 9.60. The zero-order valence-electron chi connectivity index (χ0n) is 22.7. The Balaban J connectivity index is 0.000000361. The predicted octanol–water partition coefficient (Wildman–Crippen LogP) is 9.47. The van der Waals surface area contributed by atoms with E-state index < -0.39 is 0 Å². The fraction of sp³-hybridized carbons (Fsp3) is 0.500. The van der Waals surface area contributed by atoms with Crippen molar-refractivity contribution in [1.29, 1.82) is 0 Å². The van der Waals surface area contributed by atoms with Crippen LogP contribution in [0.1, 0.15) is 93.4 Å². The molecule has 1 saturated heterocycles. The van der Waals surface area contributed by atoms with E-state index in [0.717, 1.165) is 67.7 Å². The fourth-order valence-corrected chi connectivity index (χ4v) is 8.58. The minimum Gasteiger partial charge on any atom is -0.341 e.